The first-order chi connectivity index (χ1) is 12.7. The molecule has 0 bridgehead atoms. The van der Waals surface area contributed by atoms with Crippen LogP contribution in [0.1, 0.15) is 29.8 Å². The van der Waals surface area contributed by atoms with Crippen molar-refractivity contribution in [3.63, 3.8) is 0 Å². The van der Waals surface area contributed by atoms with Gasteiger partial charge in [0.2, 0.25) is 5.95 Å². The predicted octanol–water partition coefficient (Wildman–Crippen LogP) is 4.45. The molecule has 0 aliphatic heterocycles. The lowest BCUT2D eigenvalue weighted by Gasteiger charge is -2.20. The maximum Gasteiger partial charge on any atom is 0.261 e. The van der Waals surface area contributed by atoms with Crippen molar-refractivity contribution in [1.82, 2.24) is 9.97 Å². The maximum absolute atomic E-state index is 12.7. The first kappa shape index (κ1) is 17.6. The van der Waals surface area contributed by atoms with Crippen molar-refractivity contribution in [2.24, 2.45) is 0 Å². The van der Waals surface area contributed by atoms with Gasteiger partial charge in [-0.1, -0.05) is 37.3 Å². The Hall–Kier alpha value is -3.21. The van der Waals surface area contributed by atoms with Crippen LogP contribution in [0.2, 0.25) is 0 Å². The van der Waals surface area contributed by atoms with Crippen LogP contribution in [0.4, 0.5) is 17.3 Å². The summed E-state index contributed by atoms with van der Waals surface area (Å²) in [5.41, 5.74) is 3.51. The Kier molecular flexibility index (Phi) is 5.59. The summed E-state index contributed by atoms with van der Waals surface area (Å²) in [4.78, 5) is 23.0. The second-order valence-electron chi connectivity index (χ2n) is 5.86. The van der Waals surface area contributed by atoms with Gasteiger partial charge in [-0.15, -0.1) is 0 Å². The highest BCUT2D eigenvalue weighted by molar-refractivity contribution is 6.05. The number of nitrogens with zero attached hydrogens (tertiary/aromatic N) is 3. The van der Waals surface area contributed by atoms with Gasteiger partial charge < -0.3 is 10.2 Å². The summed E-state index contributed by atoms with van der Waals surface area (Å²) in [5.74, 6) is 0.353. The molecule has 26 heavy (non-hydrogen) atoms. The second kappa shape index (κ2) is 8.25. The van der Waals surface area contributed by atoms with E-state index in [1.165, 1.54) is 5.56 Å². The van der Waals surface area contributed by atoms with Crippen LogP contribution in [0, 0.1) is 0 Å². The second-order valence-corrected chi connectivity index (χ2v) is 5.86. The highest BCUT2D eigenvalue weighted by Crippen LogP contribution is 2.17. The number of amides is 1. The molecule has 3 rings (SSSR count). The summed E-state index contributed by atoms with van der Waals surface area (Å²) in [6.45, 7) is 4.64. The lowest BCUT2D eigenvalue weighted by Crippen LogP contribution is -2.30. The Bertz CT molecular complexity index is 845. The zero-order valence-electron chi connectivity index (χ0n) is 15.0. The molecular formula is C21H22N4O. The minimum atomic E-state index is -0.113. The van der Waals surface area contributed by atoms with Crippen LogP contribution in [-0.4, -0.2) is 22.4 Å². The van der Waals surface area contributed by atoms with E-state index in [1.54, 1.807) is 17.3 Å². The first-order valence-electron chi connectivity index (χ1n) is 8.76. The van der Waals surface area contributed by atoms with Gasteiger partial charge in [0.1, 0.15) is 0 Å². The van der Waals surface area contributed by atoms with Gasteiger partial charge in [0.25, 0.3) is 5.91 Å². The molecule has 132 valence electrons. The highest BCUT2D eigenvalue weighted by atomic mass is 16.2. The van der Waals surface area contributed by atoms with Gasteiger partial charge in [-0.2, -0.15) is 0 Å². The van der Waals surface area contributed by atoms with Gasteiger partial charge in [0.05, 0.1) is 5.56 Å². The van der Waals surface area contributed by atoms with E-state index in [1.807, 2.05) is 49.4 Å². The molecule has 0 atom stereocenters. The van der Waals surface area contributed by atoms with Crippen molar-refractivity contribution in [3.8, 4) is 0 Å². The fourth-order valence-corrected chi connectivity index (χ4v) is 2.66. The molecule has 2 aromatic carbocycles. The third-order valence-electron chi connectivity index (χ3n) is 4.15. The molecule has 0 radical (unpaired) electrons. The molecule has 3 aromatic rings. The number of anilines is 3. The average Bonchev–Trinajstić information content (AvgIpc) is 2.70. The van der Waals surface area contributed by atoms with E-state index in [0.717, 1.165) is 17.8 Å². The van der Waals surface area contributed by atoms with Crippen molar-refractivity contribution in [3.05, 3.63) is 78.1 Å². The topological polar surface area (TPSA) is 58.1 Å². The van der Waals surface area contributed by atoms with Crippen molar-refractivity contribution < 1.29 is 4.79 Å². The fraction of sp³-hybridized carbons (Fsp3) is 0.190. The third-order valence-corrected chi connectivity index (χ3v) is 4.15. The van der Waals surface area contributed by atoms with E-state index in [4.69, 9.17) is 0 Å². The fourth-order valence-electron chi connectivity index (χ4n) is 2.66. The number of nitrogens with one attached hydrogen (secondary N) is 1. The van der Waals surface area contributed by atoms with E-state index >= 15 is 0 Å². The third kappa shape index (κ3) is 4.06. The van der Waals surface area contributed by atoms with Crippen LogP contribution in [0.25, 0.3) is 0 Å². The molecule has 1 heterocycles. The number of carbonyl (C=O) groups excluding carboxylic acids is 1. The van der Waals surface area contributed by atoms with E-state index in [2.05, 4.69) is 34.3 Å². The number of benzene rings is 2. The number of aromatic nitrogens is 2. The number of rotatable bonds is 6. The summed E-state index contributed by atoms with van der Waals surface area (Å²) in [5, 5.41) is 3.15. The Morgan fingerprint density at radius 1 is 0.962 bits per heavy atom. The molecule has 1 amide bonds. The molecule has 0 fully saturated rings. The number of hydrogen-bond acceptors (Lipinski definition) is 4. The monoisotopic (exact) mass is 346 g/mol. The summed E-state index contributed by atoms with van der Waals surface area (Å²) in [6, 6.07) is 17.7. The molecular weight excluding hydrogens is 324 g/mol. The zero-order chi connectivity index (χ0) is 18.4. The molecule has 0 spiro atoms. The van der Waals surface area contributed by atoms with Crippen LogP contribution in [0.3, 0.4) is 0 Å². The molecule has 0 aliphatic rings. The van der Waals surface area contributed by atoms with Crippen LogP contribution < -0.4 is 10.2 Å². The van der Waals surface area contributed by atoms with Crippen molar-refractivity contribution in [2.45, 2.75) is 20.3 Å². The SMILES string of the molecule is CCc1ccc(Nc2ncc(C(=O)N(CC)c3ccccc3)cn2)cc1. The van der Waals surface area contributed by atoms with Crippen LogP contribution in [0.5, 0.6) is 0 Å². The Morgan fingerprint density at radius 2 is 1.62 bits per heavy atom. The zero-order valence-corrected chi connectivity index (χ0v) is 15.0. The quantitative estimate of drug-likeness (QED) is 0.716. The van der Waals surface area contributed by atoms with Crippen LogP contribution in [-0.2, 0) is 6.42 Å². The molecule has 0 saturated heterocycles. The first-order valence-corrected chi connectivity index (χ1v) is 8.76. The van der Waals surface area contributed by atoms with Gasteiger partial charge in [0, 0.05) is 30.3 Å². The molecule has 1 aromatic heterocycles. The van der Waals surface area contributed by atoms with Gasteiger partial charge in [-0.05, 0) is 43.2 Å². The maximum atomic E-state index is 12.7. The standard InChI is InChI=1S/C21H22N4O/c1-3-16-10-12-18(13-11-16)24-21-22-14-17(15-23-21)20(26)25(4-2)19-8-6-5-7-9-19/h5-15H,3-4H2,1-2H3,(H,22,23,24). The lowest BCUT2D eigenvalue weighted by atomic mass is 10.1. The summed E-state index contributed by atoms with van der Waals surface area (Å²) >= 11 is 0. The van der Waals surface area contributed by atoms with Crippen molar-refractivity contribution in [1.29, 1.82) is 0 Å². The van der Waals surface area contributed by atoms with Gasteiger partial charge in [-0.3, -0.25) is 4.79 Å². The molecule has 5 heteroatoms. The summed E-state index contributed by atoms with van der Waals surface area (Å²) in [7, 11) is 0. The smallest absolute Gasteiger partial charge is 0.261 e. The van der Waals surface area contributed by atoms with E-state index in [9.17, 15) is 4.79 Å². The number of aryl methyl sites for hydroxylation is 1. The molecule has 5 nitrogen and oxygen atoms in total. The van der Waals surface area contributed by atoms with Gasteiger partial charge in [0.15, 0.2) is 0 Å². The molecule has 1 N–H and O–H groups in total. The normalized spacial score (nSPS) is 10.4. The van der Waals surface area contributed by atoms with Crippen molar-refractivity contribution >= 4 is 23.2 Å². The Balaban J connectivity index is 1.72. The average molecular weight is 346 g/mol. The largest absolute Gasteiger partial charge is 0.324 e. The highest BCUT2D eigenvalue weighted by Gasteiger charge is 2.16. The van der Waals surface area contributed by atoms with Gasteiger partial charge in [-0.25, -0.2) is 9.97 Å². The van der Waals surface area contributed by atoms with E-state index < -0.39 is 0 Å². The van der Waals surface area contributed by atoms with Crippen LogP contribution >= 0.6 is 0 Å². The summed E-state index contributed by atoms with van der Waals surface area (Å²) in [6.07, 6.45) is 4.12. The molecule has 0 aliphatic carbocycles. The number of hydrogen-bond donors (Lipinski definition) is 1. The van der Waals surface area contributed by atoms with Gasteiger partial charge >= 0.3 is 0 Å². The molecule has 0 saturated carbocycles. The number of para-hydroxylation sites is 1. The molecule has 0 unspecified atom stereocenters. The predicted molar refractivity (Wildman–Crippen MR) is 105 cm³/mol. The number of carbonyl (C=O) groups is 1. The minimum absolute atomic E-state index is 0.113. The van der Waals surface area contributed by atoms with E-state index in [0.29, 0.717) is 18.1 Å². The lowest BCUT2D eigenvalue weighted by molar-refractivity contribution is 0.0987. The van der Waals surface area contributed by atoms with Crippen LogP contribution in [0.15, 0.2) is 67.0 Å². The minimum Gasteiger partial charge on any atom is -0.324 e. The van der Waals surface area contributed by atoms with E-state index in [-0.39, 0.29) is 5.91 Å². The Morgan fingerprint density at radius 3 is 2.19 bits per heavy atom. The summed E-state index contributed by atoms with van der Waals surface area (Å²) < 4.78 is 0. The Labute approximate surface area is 153 Å². The van der Waals surface area contributed by atoms with Crippen molar-refractivity contribution in [2.75, 3.05) is 16.8 Å².